The van der Waals surface area contributed by atoms with Crippen molar-refractivity contribution in [1.82, 2.24) is 5.32 Å². The van der Waals surface area contributed by atoms with Crippen LogP contribution in [0.1, 0.15) is 25.0 Å². The third-order valence-corrected chi connectivity index (χ3v) is 3.73. The van der Waals surface area contributed by atoms with Crippen LogP contribution in [0.4, 0.5) is 5.69 Å². The third-order valence-electron chi connectivity index (χ3n) is 3.73. The number of carbonyl (C=O) groups excluding carboxylic acids is 2. The minimum atomic E-state index is -0.0761. The molecule has 0 aromatic heterocycles. The third kappa shape index (κ3) is 5.95. The van der Waals surface area contributed by atoms with E-state index in [-0.39, 0.29) is 17.7 Å². The number of rotatable bonds is 7. The Morgan fingerprint density at radius 1 is 1.04 bits per heavy atom. The molecule has 0 fully saturated rings. The van der Waals surface area contributed by atoms with Gasteiger partial charge in [0.1, 0.15) is 5.75 Å². The van der Waals surface area contributed by atoms with E-state index in [2.05, 4.69) is 10.6 Å². The Morgan fingerprint density at radius 3 is 2.40 bits per heavy atom. The first-order valence-electron chi connectivity index (χ1n) is 8.27. The summed E-state index contributed by atoms with van der Waals surface area (Å²) < 4.78 is 5.10. The first-order chi connectivity index (χ1) is 12.0. The second-order valence-electron chi connectivity index (χ2n) is 6.15. The summed E-state index contributed by atoms with van der Waals surface area (Å²) in [7, 11) is 1.61. The Labute approximate surface area is 148 Å². The molecule has 5 nitrogen and oxygen atoms in total. The Morgan fingerprint density at radius 2 is 1.76 bits per heavy atom. The van der Waals surface area contributed by atoms with Crippen molar-refractivity contribution in [1.29, 1.82) is 0 Å². The summed E-state index contributed by atoms with van der Waals surface area (Å²) in [5.41, 5.74) is 2.60. The van der Waals surface area contributed by atoms with Crippen molar-refractivity contribution in [2.24, 2.45) is 5.92 Å². The lowest BCUT2D eigenvalue weighted by molar-refractivity contribution is -0.120. The van der Waals surface area contributed by atoms with Gasteiger partial charge in [-0.2, -0.15) is 0 Å². The summed E-state index contributed by atoms with van der Waals surface area (Å²) >= 11 is 0. The number of hydrogen-bond donors (Lipinski definition) is 2. The molecular formula is C20H24N2O3. The molecule has 2 aromatic carbocycles. The molecule has 0 heterocycles. The standard InChI is InChI=1S/C20H24N2O3/c1-14(2)20(24)22-17-6-4-5-16(11-17)13-21-19(23)12-15-7-9-18(25-3)10-8-15/h4-11,14H,12-13H2,1-3H3,(H,21,23)(H,22,24). The maximum Gasteiger partial charge on any atom is 0.226 e. The summed E-state index contributed by atoms with van der Waals surface area (Å²) in [4.78, 5) is 23.8. The zero-order valence-electron chi connectivity index (χ0n) is 14.8. The maximum absolute atomic E-state index is 12.1. The van der Waals surface area contributed by atoms with Crippen LogP contribution in [0.25, 0.3) is 0 Å². The molecule has 2 N–H and O–H groups in total. The Hall–Kier alpha value is -2.82. The van der Waals surface area contributed by atoms with E-state index in [1.54, 1.807) is 7.11 Å². The highest BCUT2D eigenvalue weighted by molar-refractivity contribution is 5.92. The van der Waals surface area contributed by atoms with Gasteiger partial charge in [-0.3, -0.25) is 9.59 Å². The van der Waals surface area contributed by atoms with Crippen molar-refractivity contribution in [3.63, 3.8) is 0 Å². The van der Waals surface area contributed by atoms with E-state index in [0.717, 1.165) is 22.6 Å². The van der Waals surface area contributed by atoms with E-state index in [1.165, 1.54) is 0 Å². The molecule has 0 aliphatic carbocycles. The van der Waals surface area contributed by atoms with Crippen molar-refractivity contribution < 1.29 is 14.3 Å². The van der Waals surface area contributed by atoms with E-state index in [1.807, 2.05) is 62.4 Å². The fourth-order valence-corrected chi connectivity index (χ4v) is 2.24. The lowest BCUT2D eigenvalue weighted by Gasteiger charge is -2.10. The highest BCUT2D eigenvalue weighted by Crippen LogP contribution is 2.13. The van der Waals surface area contributed by atoms with Gasteiger partial charge in [-0.05, 0) is 35.4 Å². The maximum atomic E-state index is 12.1. The smallest absolute Gasteiger partial charge is 0.226 e. The quantitative estimate of drug-likeness (QED) is 0.814. The summed E-state index contributed by atoms with van der Waals surface area (Å²) in [6.07, 6.45) is 0.313. The van der Waals surface area contributed by atoms with Gasteiger partial charge in [0.05, 0.1) is 13.5 Å². The predicted octanol–water partition coefficient (Wildman–Crippen LogP) is 3.15. The van der Waals surface area contributed by atoms with Crippen LogP contribution in [0.2, 0.25) is 0 Å². The number of carbonyl (C=O) groups is 2. The molecule has 0 bridgehead atoms. The molecule has 2 rings (SSSR count). The van der Waals surface area contributed by atoms with Gasteiger partial charge in [0.25, 0.3) is 0 Å². The average molecular weight is 340 g/mol. The number of ether oxygens (including phenoxy) is 1. The van der Waals surface area contributed by atoms with Crippen LogP contribution in [0.15, 0.2) is 48.5 Å². The minimum absolute atomic E-state index is 0.0271. The van der Waals surface area contributed by atoms with Crippen LogP contribution < -0.4 is 15.4 Å². The van der Waals surface area contributed by atoms with E-state index >= 15 is 0 Å². The fraction of sp³-hybridized carbons (Fsp3) is 0.300. The van der Waals surface area contributed by atoms with E-state index in [4.69, 9.17) is 4.74 Å². The molecule has 0 spiro atoms. The van der Waals surface area contributed by atoms with Crippen molar-refractivity contribution in [2.75, 3.05) is 12.4 Å². The second kappa shape index (κ2) is 8.87. The van der Waals surface area contributed by atoms with Crippen molar-refractivity contribution in [3.8, 4) is 5.75 Å². The molecule has 0 aliphatic heterocycles. The molecule has 0 radical (unpaired) electrons. The molecule has 132 valence electrons. The van der Waals surface area contributed by atoms with Crippen molar-refractivity contribution >= 4 is 17.5 Å². The van der Waals surface area contributed by atoms with Gasteiger partial charge >= 0.3 is 0 Å². The van der Waals surface area contributed by atoms with Crippen LogP contribution in [0.5, 0.6) is 5.75 Å². The Kier molecular flexibility index (Phi) is 6.57. The van der Waals surface area contributed by atoms with Gasteiger partial charge in [-0.1, -0.05) is 38.1 Å². The molecule has 2 aromatic rings. The minimum Gasteiger partial charge on any atom is -0.497 e. The first kappa shape index (κ1) is 18.5. The highest BCUT2D eigenvalue weighted by atomic mass is 16.5. The number of nitrogens with one attached hydrogen (secondary N) is 2. The van der Waals surface area contributed by atoms with Crippen molar-refractivity contribution in [3.05, 3.63) is 59.7 Å². The summed E-state index contributed by atoms with van der Waals surface area (Å²) in [6.45, 7) is 4.11. The molecule has 0 atom stereocenters. The van der Waals surface area contributed by atoms with Gasteiger partial charge in [-0.25, -0.2) is 0 Å². The monoisotopic (exact) mass is 340 g/mol. The second-order valence-corrected chi connectivity index (χ2v) is 6.15. The average Bonchev–Trinajstić information content (AvgIpc) is 2.61. The van der Waals surface area contributed by atoms with Gasteiger partial charge in [-0.15, -0.1) is 0 Å². The normalized spacial score (nSPS) is 10.4. The highest BCUT2D eigenvalue weighted by Gasteiger charge is 2.08. The first-order valence-corrected chi connectivity index (χ1v) is 8.27. The number of hydrogen-bond acceptors (Lipinski definition) is 3. The SMILES string of the molecule is COc1ccc(CC(=O)NCc2cccc(NC(=O)C(C)C)c2)cc1. The van der Waals surface area contributed by atoms with Crippen LogP contribution in [0, 0.1) is 5.92 Å². The number of methoxy groups -OCH3 is 1. The fourth-order valence-electron chi connectivity index (χ4n) is 2.24. The van der Waals surface area contributed by atoms with E-state index in [0.29, 0.717) is 13.0 Å². The van der Waals surface area contributed by atoms with Gasteiger partial charge < -0.3 is 15.4 Å². The lowest BCUT2D eigenvalue weighted by atomic mass is 10.1. The number of benzene rings is 2. The largest absolute Gasteiger partial charge is 0.497 e. The molecule has 25 heavy (non-hydrogen) atoms. The lowest BCUT2D eigenvalue weighted by Crippen LogP contribution is -2.24. The van der Waals surface area contributed by atoms with Crippen LogP contribution in [-0.2, 0) is 22.6 Å². The molecular weight excluding hydrogens is 316 g/mol. The summed E-state index contributed by atoms with van der Waals surface area (Å²) in [6, 6.07) is 14.9. The predicted molar refractivity (Wildman–Crippen MR) is 98.5 cm³/mol. The summed E-state index contributed by atoms with van der Waals surface area (Å²) in [5, 5.41) is 5.75. The van der Waals surface area contributed by atoms with Crippen LogP contribution in [-0.4, -0.2) is 18.9 Å². The molecule has 0 saturated heterocycles. The van der Waals surface area contributed by atoms with E-state index < -0.39 is 0 Å². The zero-order chi connectivity index (χ0) is 18.2. The van der Waals surface area contributed by atoms with Gasteiger partial charge in [0.15, 0.2) is 0 Å². The zero-order valence-corrected chi connectivity index (χ0v) is 14.8. The molecule has 2 amide bonds. The summed E-state index contributed by atoms with van der Waals surface area (Å²) in [5.74, 6) is 0.611. The van der Waals surface area contributed by atoms with Crippen molar-refractivity contribution in [2.45, 2.75) is 26.8 Å². The molecule has 0 aliphatic rings. The Balaban J connectivity index is 1.87. The Bertz CT molecular complexity index is 724. The topological polar surface area (TPSA) is 67.4 Å². The van der Waals surface area contributed by atoms with Crippen LogP contribution in [0.3, 0.4) is 0 Å². The van der Waals surface area contributed by atoms with Crippen LogP contribution >= 0.6 is 0 Å². The molecule has 0 saturated carbocycles. The van der Waals surface area contributed by atoms with Gasteiger partial charge in [0, 0.05) is 18.2 Å². The number of anilines is 1. The van der Waals surface area contributed by atoms with E-state index in [9.17, 15) is 9.59 Å². The number of amides is 2. The molecule has 0 unspecified atom stereocenters. The van der Waals surface area contributed by atoms with Gasteiger partial charge in [0.2, 0.25) is 11.8 Å². The molecule has 5 heteroatoms.